The van der Waals surface area contributed by atoms with E-state index in [9.17, 15) is 9.18 Å². The van der Waals surface area contributed by atoms with Crippen molar-refractivity contribution in [3.05, 3.63) is 35.1 Å². The van der Waals surface area contributed by atoms with Gasteiger partial charge in [0.1, 0.15) is 5.82 Å². The van der Waals surface area contributed by atoms with Gasteiger partial charge in [0.2, 0.25) is 0 Å². The molecule has 0 aromatic heterocycles. The van der Waals surface area contributed by atoms with Gasteiger partial charge in [-0.15, -0.1) is 0 Å². The van der Waals surface area contributed by atoms with Gasteiger partial charge in [0, 0.05) is 11.6 Å². The number of rotatable bonds is 3. The molecule has 1 atom stereocenters. The Labute approximate surface area is 81.4 Å². The Kier molecular flexibility index (Phi) is 3.19. The lowest BCUT2D eigenvalue weighted by atomic mass is 10.0. The zero-order chi connectivity index (χ0) is 10.7. The number of aryl methyl sites for hydroxylation is 1. The Bertz CT molecular complexity index is 352. The molecule has 14 heavy (non-hydrogen) atoms. The van der Waals surface area contributed by atoms with E-state index in [1.165, 1.54) is 6.07 Å². The number of aliphatic carboxylic acids is 1. The average molecular weight is 197 g/mol. The van der Waals surface area contributed by atoms with Crippen LogP contribution in [-0.2, 0) is 4.79 Å². The van der Waals surface area contributed by atoms with E-state index in [4.69, 9.17) is 10.8 Å². The highest BCUT2D eigenvalue weighted by Gasteiger charge is 2.15. The van der Waals surface area contributed by atoms with Crippen molar-refractivity contribution in [3.8, 4) is 0 Å². The van der Waals surface area contributed by atoms with E-state index in [0.717, 1.165) is 0 Å². The van der Waals surface area contributed by atoms with Gasteiger partial charge in [0.05, 0.1) is 6.42 Å². The molecule has 0 aliphatic heterocycles. The number of benzene rings is 1. The minimum Gasteiger partial charge on any atom is -0.481 e. The first-order chi connectivity index (χ1) is 6.52. The maximum Gasteiger partial charge on any atom is 0.305 e. The second kappa shape index (κ2) is 4.19. The molecule has 0 heterocycles. The van der Waals surface area contributed by atoms with Crippen molar-refractivity contribution in [2.24, 2.45) is 5.73 Å². The highest BCUT2D eigenvalue weighted by molar-refractivity contribution is 5.67. The number of hydrogen-bond acceptors (Lipinski definition) is 2. The molecule has 0 unspecified atom stereocenters. The minimum absolute atomic E-state index is 0.257. The zero-order valence-corrected chi connectivity index (χ0v) is 7.83. The molecule has 1 aromatic carbocycles. The first-order valence-electron chi connectivity index (χ1n) is 4.24. The summed E-state index contributed by atoms with van der Waals surface area (Å²) in [5.74, 6) is -1.44. The third-order valence-electron chi connectivity index (χ3n) is 2.02. The summed E-state index contributed by atoms with van der Waals surface area (Å²) in [4.78, 5) is 10.4. The van der Waals surface area contributed by atoms with Crippen molar-refractivity contribution < 1.29 is 14.3 Å². The van der Waals surface area contributed by atoms with Crippen LogP contribution in [0.3, 0.4) is 0 Å². The summed E-state index contributed by atoms with van der Waals surface area (Å²) in [5.41, 5.74) is 6.28. The monoisotopic (exact) mass is 197 g/mol. The normalized spacial score (nSPS) is 12.5. The molecule has 0 amide bonds. The van der Waals surface area contributed by atoms with E-state index >= 15 is 0 Å². The van der Waals surface area contributed by atoms with Crippen molar-refractivity contribution in [1.82, 2.24) is 0 Å². The van der Waals surface area contributed by atoms with Crippen LogP contribution in [0.2, 0.25) is 0 Å². The van der Waals surface area contributed by atoms with Crippen LogP contribution in [0.1, 0.15) is 23.6 Å². The van der Waals surface area contributed by atoms with E-state index in [0.29, 0.717) is 5.56 Å². The molecular formula is C10H12FNO2. The Hall–Kier alpha value is -1.42. The first kappa shape index (κ1) is 10.7. The predicted octanol–water partition coefficient (Wildman–Crippen LogP) is 1.61. The summed E-state index contributed by atoms with van der Waals surface area (Å²) in [6.07, 6.45) is -0.264. The van der Waals surface area contributed by atoms with Crippen LogP contribution in [0, 0.1) is 12.7 Å². The summed E-state index contributed by atoms with van der Waals surface area (Å²) >= 11 is 0. The third kappa shape index (κ3) is 2.29. The maximum absolute atomic E-state index is 13.4. The maximum atomic E-state index is 13.4. The molecule has 0 aliphatic rings. The molecule has 0 fully saturated rings. The Morgan fingerprint density at radius 2 is 2.29 bits per heavy atom. The third-order valence-corrected chi connectivity index (χ3v) is 2.02. The Morgan fingerprint density at radius 3 is 2.86 bits per heavy atom. The van der Waals surface area contributed by atoms with Gasteiger partial charge in [-0.3, -0.25) is 4.79 Å². The average Bonchev–Trinajstić information content (AvgIpc) is 2.08. The fraction of sp³-hybridized carbons (Fsp3) is 0.300. The summed E-state index contributed by atoms with van der Waals surface area (Å²) in [7, 11) is 0. The van der Waals surface area contributed by atoms with Crippen molar-refractivity contribution in [2.45, 2.75) is 19.4 Å². The van der Waals surface area contributed by atoms with Crippen LogP contribution in [0.4, 0.5) is 4.39 Å². The van der Waals surface area contributed by atoms with Gasteiger partial charge in [-0.2, -0.15) is 0 Å². The fourth-order valence-corrected chi connectivity index (χ4v) is 1.25. The summed E-state index contributed by atoms with van der Waals surface area (Å²) < 4.78 is 13.4. The smallest absolute Gasteiger partial charge is 0.305 e. The molecule has 4 heteroatoms. The summed E-state index contributed by atoms with van der Waals surface area (Å²) in [5, 5.41) is 8.50. The Morgan fingerprint density at radius 1 is 1.64 bits per heavy atom. The molecule has 0 saturated carbocycles. The molecule has 0 saturated heterocycles. The number of carbonyl (C=O) groups is 1. The highest BCUT2D eigenvalue weighted by atomic mass is 19.1. The molecule has 1 rings (SSSR count). The predicted molar refractivity (Wildman–Crippen MR) is 50.3 cm³/mol. The summed E-state index contributed by atoms with van der Waals surface area (Å²) in [6, 6.07) is 4.00. The highest BCUT2D eigenvalue weighted by Crippen LogP contribution is 2.20. The molecule has 76 valence electrons. The van der Waals surface area contributed by atoms with Gasteiger partial charge < -0.3 is 10.8 Å². The lowest BCUT2D eigenvalue weighted by molar-refractivity contribution is -0.137. The zero-order valence-electron chi connectivity index (χ0n) is 7.83. The molecule has 3 nitrogen and oxygen atoms in total. The van der Waals surface area contributed by atoms with Gasteiger partial charge in [0.25, 0.3) is 0 Å². The topological polar surface area (TPSA) is 63.3 Å². The molecular weight excluding hydrogens is 185 g/mol. The van der Waals surface area contributed by atoms with Gasteiger partial charge in [-0.1, -0.05) is 18.2 Å². The van der Waals surface area contributed by atoms with Crippen LogP contribution in [0.5, 0.6) is 0 Å². The molecule has 0 bridgehead atoms. The van der Waals surface area contributed by atoms with Crippen molar-refractivity contribution >= 4 is 5.97 Å². The molecule has 3 N–H and O–H groups in total. The van der Waals surface area contributed by atoms with Crippen LogP contribution in [0.25, 0.3) is 0 Å². The van der Waals surface area contributed by atoms with Gasteiger partial charge >= 0.3 is 5.97 Å². The van der Waals surface area contributed by atoms with Crippen molar-refractivity contribution in [1.29, 1.82) is 0 Å². The van der Waals surface area contributed by atoms with Crippen LogP contribution < -0.4 is 5.73 Å². The molecule has 1 aromatic rings. The SMILES string of the molecule is Cc1cccc([C@H](N)CC(=O)O)c1F. The quantitative estimate of drug-likeness (QED) is 0.773. The van der Waals surface area contributed by atoms with Gasteiger partial charge in [-0.25, -0.2) is 4.39 Å². The molecule has 0 radical (unpaired) electrons. The second-order valence-electron chi connectivity index (χ2n) is 3.18. The minimum atomic E-state index is -1.03. The number of halogens is 1. The number of carboxylic acid groups (broad SMARTS) is 1. The largest absolute Gasteiger partial charge is 0.481 e. The first-order valence-corrected chi connectivity index (χ1v) is 4.24. The van der Waals surface area contributed by atoms with E-state index in [-0.39, 0.29) is 12.0 Å². The van der Waals surface area contributed by atoms with Crippen LogP contribution in [-0.4, -0.2) is 11.1 Å². The van der Waals surface area contributed by atoms with Crippen molar-refractivity contribution in [3.63, 3.8) is 0 Å². The molecule has 0 aliphatic carbocycles. The lowest BCUT2D eigenvalue weighted by Gasteiger charge is -2.11. The molecule has 0 spiro atoms. The fourth-order valence-electron chi connectivity index (χ4n) is 1.25. The number of nitrogens with two attached hydrogens (primary N) is 1. The van der Waals surface area contributed by atoms with Crippen LogP contribution >= 0.6 is 0 Å². The van der Waals surface area contributed by atoms with Crippen LogP contribution in [0.15, 0.2) is 18.2 Å². The van der Waals surface area contributed by atoms with E-state index in [2.05, 4.69) is 0 Å². The van der Waals surface area contributed by atoms with E-state index in [1.807, 2.05) is 0 Å². The summed E-state index contributed by atoms with van der Waals surface area (Å²) in [6.45, 7) is 1.62. The van der Waals surface area contributed by atoms with E-state index in [1.54, 1.807) is 19.1 Å². The van der Waals surface area contributed by atoms with E-state index < -0.39 is 17.8 Å². The van der Waals surface area contributed by atoms with Gasteiger partial charge in [-0.05, 0) is 12.5 Å². The second-order valence-corrected chi connectivity index (χ2v) is 3.18. The van der Waals surface area contributed by atoms with Crippen molar-refractivity contribution in [2.75, 3.05) is 0 Å². The standard InChI is InChI=1S/C10H12FNO2/c1-6-3-2-4-7(10(6)11)8(12)5-9(13)14/h2-4,8H,5,12H2,1H3,(H,13,14)/t8-/m1/s1. The van der Waals surface area contributed by atoms with Gasteiger partial charge in [0.15, 0.2) is 0 Å². The lowest BCUT2D eigenvalue weighted by Crippen LogP contribution is -2.16. The number of hydrogen-bond donors (Lipinski definition) is 2. The number of carboxylic acids is 1. The Balaban J connectivity index is 2.95.